The minimum atomic E-state index is -1.27. The smallest absolute Gasteiger partial charge is 0.334 e. The third-order valence-electron chi connectivity index (χ3n) is 5.64. The molecular weight excluding hydrogens is 352 g/mol. The number of ether oxygens (including phenoxy) is 3. The molecule has 3 aliphatic rings. The van der Waals surface area contributed by atoms with Crippen LogP contribution in [0.4, 0.5) is 0 Å². The van der Waals surface area contributed by atoms with E-state index in [4.69, 9.17) is 14.2 Å². The number of hydrogen-bond acceptors (Lipinski definition) is 7. The Bertz CT molecular complexity index is 749. The monoisotopic (exact) mass is 376 g/mol. The number of rotatable bonds is 3. The summed E-state index contributed by atoms with van der Waals surface area (Å²) in [5.74, 6) is -2.59. The second-order valence-corrected chi connectivity index (χ2v) is 7.42. The molecule has 0 aliphatic carbocycles. The van der Waals surface area contributed by atoms with Crippen LogP contribution < -0.4 is 0 Å². The molecule has 3 rings (SSSR count). The largest absolute Gasteiger partial charge is 0.458 e. The quantitative estimate of drug-likeness (QED) is 0.585. The van der Waals surface area contributed by atoms with Gasteiger partial charge in [0.05, 0.1) is 12.5 Å². The summed E-state index contributed by atoms with van der Waals surface area (Å²) < 4.78 is 17.2. The van der Waals surface area contributed by atoms with Crippen LogP contribution in [0.25, 0.3) is 0 Å². The van der Waals surface area contributed by atoms with Crippen molar-refractivity contribution < 1.29 is 33.7 Å². The van der Waals surface area contributed by atoms with Crippen molar-refractivity contribution in [3.8, 4) is 0 Å². The lowest BCUT2D eigenvalue weighted by atomic mass is 9.81. The molecule has 0 radical (unpaired) electrons. The zero-order valence-corrected chi connectivity index (χ0v) is 15.6. The first-order chi connectivity index (χ1) is 12.7. The van der Waals surface area contributed by atoms with E-state index >= 15 is 0 Å². The van der Waals surface area contributed by atoms with E-state index in [0.717, 1.165) is 0 Å². The average molecular weight is 376 g/mol. The van der Waals surface area contributed by atoms with E-state index in [9.17, 15) is 19.5 Å². The van der Waals surface area contributed by atoms with Gasteiger partial charge in [0.15, 0.2) is 5.78 Å². The van der Waals surface area contributed by atoms with Crippen molar-refractivity contribution in [2.75, 3.05) is 6.61 Å². The van der Waals surface area contributed by atoms with Crippen LogP contribution in [0.15, 0.2) is 36.0 Å². The van der Waals surface area contributed by atoms with Gasteiger partial charge in [-0.15, -0.1) is 0 Å². The first kappa shape index (κ1) is 19.5. The normalized spacial score (nSPS) is 38.7. The minimum absolute atomic E-state index is 0.0599. The summed E-state index contributed by atoms with van der Waals surface area (Å²) in [6.07, 6.45) is 2.28. The van der Waals surface area contributed by atoms with Gasteiger partial charge >= 0.3 is 11.9 Å². The van der Waals surface area contributed by atoms with Crippen molar-refractivity contribution in [3.63, 3.8) is 0 Å². The lowest BCUT2D eigenvalue weighted by Crippen LogP contribution is -2.44. The Balaban J connectivity index is 2.06. The summed E-state index contributed by atoms with van der Waals surface area (Å²) in [5.41, 5.74) is -0.670. The van der Waals surface area contributed by atoms with E-state index < -0.39 is 47.7 Å². The molecule has 0 spiro atoms. The van der Waals surface area contributed by atoms with Crippen LogP contribution in [-0.4, -0.2) is 53.3 Å². The molecule has 3 heterocycles. The number of carbonyl (C=O) groups excluding carboxylic acids is 3. The third kappa shape index (κ3) is 3.26. The topological polar surface area (TPSA) is 99.1 Å². The molecular formula is C20H24O7. The second kappa shape index (κ2) is 7.05. The van der Waals surface area contributed by atoms with Gasteiger partial charge in [0.1, 0.15) is 23.9 Å². The Hall–Kier alpha value is -2.25. The van der Waals surface area contributed by atoms with Gasteiger partial charge in [-0.1, -0.05) is 18.7 Å². The summed E-state index contributed by atoms with van der Waals surface area (Å²) in [6.45, 7) is 8.50. The molecule has 3 aliphatic heterocycles. The van der Waals surface area contributed by atoms with Crippen LogP contribution in [0, 0.1) is 11.8 Å². The maximum Gasteiger partial charge on any atom is 0.334 e. The van der Waals surface area contributed by atoms with Gasteiger partial charge in [0.25, 0.3) is 0 Å². The summed E-state index contributed by atoms with van der Waals surface area (Å²) in [6, 6.07) is 0. The highest BCUT2D eigenvalue weighted by atomic mass is 16.6. The van der Waals surface area contributed by atoms with E-state index in [0.29, 0.717) is 5.57 Å². The van der Waals surface area contributed by atoms with Gasteiger partial charge in [0.2, 0.25) is 0 Å². The number of aliphatic hydroxyl groups is 1. The van der Waals surface area contributed by atoms with Crippen molar-refractivity contribution >= 4 is 17.7 Å². The summed E-state index contributed by atoms with van der Waals surface area (Å²) in [4.78, 5) is 37.2. The number of fused-ring (bicyclic) bond motifs is 4. The third-order valence-corrected chi connectivity index (χ3v) is 5.64. The molecule has 0 aromatic carbocycles. The van der Waals surface area contributed by atoms with Gasteiger partial charge in [-0.05, 0) is 26.8 Å². The molecule has 0 saturated carbocycles. The van der Waals surface area contributed by atoms with E-state index in [1.54, 1.807) is 32.9 Å². The van der Waals surface area contributed by atoms with Gasteiger partial charge in [-0.2, -0.15) is 0 Å². The maximum absolute atomic E-state index is 12.7. The van der Waals surface area contributed by atoms with Gasteiger partial charge in [-0.3, -0.25) is 4.79 Å². The SMILES string of the molecule is C=C1C(=O)O[C@@H]2[C@@H]3O[C@](C)(C[C@@H](OC(=O)/C(C)=C\C)[C@@H]12)C(=O)C=C[C@@H]3CO. The number of esters is 2. The molecule has 0 amide bonds. The van der Waals surface area contributed by atoms with Crippen molar-refractivity contribution in [2.24, 2.45) is 11.8 Å². The summed E-state index contributed by atoms with van der Waals surface area (Å²) >= 11 is 0. The molecule has 1 N–H and O–H groups in total. The fraction of sp³-hybridized carbons (Fsp3) is 0.550. The maximum atomic E-state index is 12.7. The van der Waals surface area contributed by atoms with Crippen molar-refractivity contribution in [2.45, 2.75) is 51.1 Å². The van der Waals surface area contributed by atoms with Crippen LogP contribution in [0.3, 0.4) is 0 Å². The van der Waals surface area contributed by atoms with Gasteiger partial charge in [-0.25, -0.2) is 9.59 Å². The van der Waals surface area contributed by atoms with Crippen LogP contribution in [-0.2, 0) is 28.6 Å². The Kier molecular flexibility index (Phi) is 5.10. The lowest BCUT2D eigenvalue weighted by Gasteiger charge is -2.32. The molecule has 2 fully saturated rings. The van der Waals surface area contributed by atoms with Crippen molar-refractivity contribution in [3.05, 3.63) is 36.0 Å². The number of aliphatic hydroxyl groups excluding tert-OH is 1. The molecule has 7 heteroatoms. The predicted octanol–water partition coefficient (Wildman–Crippen LogP) is 1.26. The average Bonchev–Trinajstić information content (AvgIpc) is 2.78. The zero-order chi connectivity index (χ0) is 19.9. The molecule has 7 nitrogen and oxygen atoms in total. The van der Waals surface area contributed by atoms with E-state index in [2.05, 4.69) is 6.58 Å². The lowest BCUT2D eigenvalue weighted by molar-refractivity contribution is -0.168. The molecule has 146 valence electrons. The first-order valence-electron chi connectivity index (χ1n) is 8.97. The molecule has 6 atom stereocenters. The molecule has 0 unspecified atom stereocenters. The van der Waals surface area contributed by atoms with Crippen molar-refractivity contribution in [1.29, 1.82) is 0 Å². The highest BCUT2D eigenvalue weighted by Gasteiger charge is 2.58. The van der Waals surface area contributed by atoms with Crippen LogP contribution in [0.2, 0.25) is 0 Å². The number of allylic oxidation sites excluding steroid dienone is 1. The minimum Gasteiger partial charge on any atom is -0.458 e. The zero-order valence-electron chi connectivity index (χ0n) is 15.6. The van der Waals surface area contributed by atoms with E-state index in [-0.39, 0.29) is 24.4 Å². The molecule has 0 aromatic rings. The van der Waals surface area contributed by atoms with Gasteiger partial charge in [0, 0.05) is 23.5 Å². The molecule has 27 heavy (non-hydrogen) atoms. The van der Waals surface area contributed by atoms with E-state index in [1.165, 1.54) is 6.08 Å². The van der Waals surface area contributed by atoms with Gasteiger partial charge < -0.3 is 19.3 Å². The summed E-state index contributed by atoms with van der Waals surface area (Å²) in [7, 11) is 0. The second-order valence-electron chi connectivity index (χ2n) is 7.42. The molecule has 2 saturated heterocycles. The number of hydrogen-bond donors (Lipinski definition) is 1. The first-order valence-corrected chi connectivity index (χ1v) is 8.97. The molecule has 2 bridgehead atoms. The Morgan fingerprint density at radius 2 is 2.15 bits per heavy atom. The predicted molar refractivity (Wildman–Crippen MR) is 94.4 cm³/mol. The van der Waals surface area contributed by atoms with Crippen LogP contribution in [0.5, 0.6) is 0 Å². The highest BCUT2D eigenvalue weighted by Crippen LogP contribution is 2.45. The standard InChI is InChI=1S/C20H24O7/c1-5-10(2)18(23)25-13-8-20(4)14(22)7-6-12(9-21)16(27-20)17-15(13)11(3)19(24)26-17/h5-7,12-13,15-17,21H,3,8-9H2,1-2,4H3/b10-5-/t12-,13-,15-,16-,17+,20-/m1/s1. The van der Waals surface area contributed by atoms with E-state index in [1.807, 2.05) is 0 Å². The fourth-order valence-corrected chi connectivity index (χ4v) is 3.86. The van der Waals surface area contributed by atoms with Crippen molar-refractivity contribution in [1.82, 2.24) is 0 Å². The number of carbonyl (C=O) groups is 3. The number of ketones is 1. The fourth-order valence-electron chi connectivity index (χ4n) is 3.86. The Morgan fingerprint density at radius 1 is 1.44 bits per heavy atom. The summed E-state index contributed by atoms with van der Waals surface area (Å²) in [5, 5.41) is 9.76. The Morgan fingerprint density at radius 3 is 2.78 bits per heavy atom. The molecule has 0 aromatic heterocycles. The highest BCUT2D eigenvalue weighted by molar-refractivity contribution is 5.97. The van der Waals surface area contributed by atoms with Crippen LogP contribution >= 0.6 is 0 Å². The van der Waals surface area contributed by atoms with Crippen LogP contribution in [0.1, 0.15) is 27.2 Å². The Labute approximate surface area is 157 Å².